The molecule has 0 aliphatic heterocycles. The van der Waals surface area contributed by atoms with E-state index in [1.165, 1.54) is 0 Å². The second-order valence-corrected chi connectivity index (χ2v) is 2.65. The van der Waals surface area contributed by atoms with Crippen molar-refractivity contribution in [3.63, 3.8) is 0 Å². The van der Waals surface area contributed by atoms with Crippen molar-refractivity contribution in [2.75, 3.05) is 5.43 Å². The Hall–Kier alpha value is -1.54. The molecule has 0 fully saturated rings. The van der Waals surface area contributed by atoms with Gasteiger partial charge in [0, 0.05) is 5.39 Å². The van der Waals surface area contributed by atoms with Gasteiger partial charge >= 0.3 is 0 Å². The van der Waals surface area contributed by atoms with Crippen molar-refractivity contribution in [1.82, 2.24) is 5.84 Å². The fraction of sp³-hybridized carbons (Fsp3) is 0. The lowest BCUT2D eigenvalue weighted by Gasteiger charge is -2.03. The van der Waals surface area contributed by atoms with Gasteiger partial charge < -0.3 is 5.43 Å². The van der Waals surface area contributed by atoms with Crippen molar-refractivity contribution < 1.29 is 0 Å². The molecular weight excluding hydrogens is 148 g/mol. The summed E-state index contributed by atoms with van der Waals surface area (Å²) in [5.74, 6) is 7.08. The number of rotatable bonds is 1. The highest BCUT2D eigenvalue weighted by Crippen LogP contribution is 2.21. The maximum absolute atomic E-state index is 7.08. The first kappa shape index (κ1) is 7.13. The molecule has 0 heterocycles. The Morgan fingerprint density at radius 2 is 1.67 bits per heavy atom. The van der Waals surface area contributed by atoms with Crippen LogP contribution in [-0.2, 0) is 0 Å². The largest absolute Gasteiger partial charge is 0.306 e. The van der Waals surface area contributed by atoms with Crippen molar-refractivity contribution in [3.05, 3.63) is 42.5 Å². The third-order valence-corrected chi connectivity index (χ3v) is 1.92. The molecule has 2 aromatic carbocycles. The molecule has 0 bridgehead atoms. The van der Waals surface area contributed by atoms with Gasteiger partial charge in [-0.1, -0.05) is 36.4 Å². The molecule has 2 rings (SSSR count). The zero-order valence-electron chi connectivity index (χ0n) is 6.54. The summed E-state index contributed by atoms with van der Waals surface area (Å²) in [5.41, 5.74) is 3.27. The van der Waals surface area contributed by atoms with E-state index < -0.39 is 0 Å². The first-order chi connectivity index (χ1) is 5.92. The number of hydrogen-bond acceptors (Lipinski definition) is 1. The highest BCUT2D eigenvalue weighted by molar-refractivity contribution is 5.93. The highest BCUT2D eigenvalue weighted by atomic mass is 15.2. The van der Waals surface area contributed by atoms with Crippen molar-refractivity contribution in [1.29, 1.82) is 0 Å². The standard InChI is InChI=1S/C10H9N2/c11-12-10-7-3-5-8-4-1-2-6-9(8)10/h1-7,11-12H. The van der Waals surface area contributed by atoms with Crippen LogP contribution in [0, 0.1) is 0 Å². The van der Waals surface area contributed by atoms with Crippen molar-refractivity contribution in [3.8, 4) is 0 Å². The van der Waals surface area contributed by atoms with E-state index >= 15 is 0 Å². The van der Waals surface area contributed by atoms with Crippen LogP contribution in [0.1, 0.15) is 0 Å². The summed E-state index contributed by atoms with van der Waals surface area (Å²) in [6.45, 7) is 0. The Balaban J connectivity index is 2.79. The normalized spacial score (nSPS) is 10.1. The molecule has 12 heavy (non-hydrogen) atoms. The summed E-state index contributed by atoms with van der Waals surface area (Å²) in [6, 6.07) is 13.9. The first-order valence-corrected chi connectivity index (χ1v) is 3.82. The van der Waals surface area contributed by atoms with Crippen molar-refractivity contribution in [2.24, 2.45) is 0 Å². The van der Waals surface area contributed by atoms with Crippen molar-refractivity contribution in [2.45, 2.75) is 0 Å². The molecule has 2 heteroatoms. The van der Waals surface area contributed by atoms with Crippen LogP contribution in [0.5, 0.6) is 0 Å². The zero-order valence-corrected chi connectivity index (χ0v) is 6.54. The van der Waals surface area contributed by atoms with Gasteiger partial charge in [-0.05, 0) is 11.5 Å². The second kappa shape index (κ2) is 2.83. The van der Waals surface area contributed by atoms with Crippen LogP contribution in [0.15, 0.2) is 42.5 Å². The molecule has 0 unspecified atom stereocenters. The average Bonchev–Trinajstić information content (AvgIpc) is 2.17. The quantitative estimate of drug-likeness (QED) is 0.634. The molecule has 0 spiro atoms. The summed E-state index contributed by atoms with van der Waals surface area (Å²) in [4.78, 5) is 0. The summed E-state index contributed by atoms with van der Waals surface area (Å²) in [6.07, 6.45) is 0. The maximum Gasteiger partial charge on any atom is 0.0580 e. The van der Waals surface area contributed by atoms with E-state index in [1.54, 1.807) is 0 Å². The lowest BCUT2D eigenvalue weighted by molar-refractivity contribution is 1.31. The molecule has 0 amide bonds. The molecule has 0 aliphatic carbocycles. The lowest BCUT2D eigenvalue weighted by Crippen LogP contribution is -1.92. The van der Waals surface area contributed by atoms with Gasteiger partial charge in [-0.3, -0.25) is 0 Å². The minimum atomic E-state index is 0.855. The zero-order chi connectivity index (χ0) is 8.39. The predicted molar refractivity (Wildman–Crippen MR) is 50.7 cm³/mol. The minimum Gasteiger partial charge on any atom is -0.306 e. The van der Waals surface area contributed by atoms with Gasteiger partial charge in [0.1, 0.15) is 0 Å². The van der Waals surface area contributed by atoms with E-state index in [0.29, 0.717) is 0 Å². The van der Waals surface area contributed by atoms with E-state index in [2.05, 4.69) is 5.43 Å². The van der Waals surface area contributed by atoms with Crippen LogP contribution >= 0.6 is 0 Å². The molecule has 0 saturated heterocycles. The number of hydrogen-bond donors (Lipinski definition) is 1. The summed E-state index contributed by atoms with van der Waals surface area (Å²) in [7, 11) is 0. The van der Waals surface area contributed by atoms with Gasteiger partial charge in [0.25, 0.3) is 0 Å². The number of fused-ring (bicyclic) bond motifs is 1. The van der Waals surface area contributed by atoms with Crippen LogP contribution in [0.3, 0.4) is 0 Å². The fourth-order valence-electron chi connectivity index (χ4n) is 1.33. The van der Waals surface area contributed by atoms with Gasteiger partial charge in [-0.15, -0.1) is 0 Å². The van der Waals surface area contributed by atoms with Gasteiger partial charge in [0.05, 0.1) is 5.69 Å². The first-order valence-electron chi connectivity index (χ1n) is 3.82. The van der Waals surface area contributed by atoms with E-state index in [4.69, 9.17) is 5.84 Å². The van der Waals surface area contributed by atoms with Crippen LogP contribution in [-0.4, -0.2) is 0 Å². The molecule has 2 nitrogen and oxygen atoms in total. The van der Waals surface area contributed by atoms with Crippen LogP contribution in [0.4, 0.5) is 5.69 Å². The molecule has 2 N–H and O–H groups in total. The predicted octanol–water partition coefficient (Wildman–Crippen LogP) is 2.45. The van der Waals surface area contributed by atoms with E-state index in [1.807, 2.05) is 42.5 Å². The summed E-state index contributed by atoms with van der Waals surface area (Å²) >= 11 is 0. The number of anilines is 1. The van der Waals surface area contributed by atoms with Crippen LogP contribution in [0.2, 0.25) is 0 Å². The van der Waals surface area contributed by atoms with Gasteiger partial charge in [0.15, 0.2) is 0 Å². The number of benzene rings is 2. The highest BCUT2D eigenvalue weighted by Gasteiger charge is 1.95. The van der Waals surface area contributed by atoms with E-state index in [9.17, 15) is 0 Å². The van der Waals surface area contributed by atoms with Gasteiger partial charge in [-0.2, -0.15) is 5.84 Å². The Bertz CT molecular complexity index is 390. The van der Waals surface area contributed by atoms with E-state index in [-0.39, 0.29) is 0 Å². The third kappa shape index (κ3) is 1.02. The average molecular weight is 157 g/mol. The lowest BCUT2D eigenvalue weighted by atomic mass is 10.1. The molecule has 0 aliphatic rings. The SMILES string of the molecule is [NH]Nc1cccc2ccccc12. The Kier molecular flexibility index (Phi) is 1.68. The Morgan fingerprint density at radius 3 is 2.50 bits per heavy atom. The van der Waals surface area contributed by atoms with Crippen molar-refractivity contribution >= 4 is 16.5 Å². The second-order valence-electron chi connectivity index (χ2n) is 2.65. The molecule has 0 atom stereocenters. The topological polar surface area (TPSA) is 35.8 Å². The van der Waals surface area contributed by atoms with Gasteiger partial charge in [-0.25, -0.2) is 0 Å². The molecular formula is C10H9N2. The Labute approximate surface area is 71.0 Å². The molecule has 0 aromatic heterocycles. The van der Waals surface area contributed by atoms with E-state index in [0.717, 1.165) is 16.5 Å². The maximum atomic E-state index is 7.08. The molecule has 0 saturated carbocycles. The summed E-state index contributed by atoms with van der Waals surface area (Å²) in [5, 5.41) is 2.25. The molecule has 2 aromatic rings. The summed E-state index contributed by atoms with van der Waals surface area (Å²) < 4.78 is 0. The third-order valence-electron chi connectivity index (χ3n) is 1.92. The molecule has 1 radical (unpaired) electrons. The number of nitrogens with one attached hydrogen (secondary N) is 2. The smallest absolute Gasteiger partial charge is 0.0580 e. The molecule has 59 valence electrons. The fourth-order valence-corrected chi connectivity index (χ4v) is 1.33. The van der Waals surface area contributed by atoms with Crippen LogP contribution in [0.25, 0.3) is 10.8 Å². The minimum absolute atomic E-state index is 0.855. The Morgan fingerprint density at radius 1 is 0.917 bits per heavy atom. The monoisotopic (exact) mass is 157 g/mol. The van der Waals surface area contributed by atoms with Gasteiger partial charge in [0.2, 0.25) is 0 Å². The van der Waals surface area contributed by atoms with Crippen LogP contribution < -0.4 is 11.3 Å².